The maximum atomic E-state index is 12.9. The monoisotopic (exact) mass is 348 g/mol. The molecule has 0 saturated carbocycles. The lowest BCUT2D eigenvalue weighted by atomic mass is 9.88. The normalized spacial score (nSPS) is 20.2. The summed E-state index contributed by atoms with van der Waals surface area (Å²) in [4.78, 5) is 38.0. The van der Waals surface area contributed by atoms with Crippen LogP contribution in [0.1, 0.15) is 55.5 Å². The maximum absolute atomic E-state index is 12.9. The largest absolute Gasteiger partial charge is 0.455 e. The van der Waals surface area contributed by atoms with E-state index in [0.717, 1.165) is 0 Å². The number of imide groups is 1. The fourth-order valence-corrected chi connectivity index (χ4v) is 3.48. The summed E-state index contributed by atoms with van der Waals surface area (Å²) in [6.45, 7) is 7.22. The van der Waals surface area contributed by atoms with E-state index in [1.165, 1.54) is 11.0 Å². The second-order valence-corrected chi connectivity index (χ2v) is 7.73. The Kier molecular flexibility index (Phi) is 4.10. The third-order valence-corrected chi connectivity index (χ3v) is 4.76. The Balaban J connectivity index is 1.90. The molecule has 1 spiro atoms. The first-order valence-corrected chi connectivity index (χ1v) is 8.42. The highest BCUT2D eigenvalue weighted by molar-refractivity contribution is 6.07. The van der Waals surface area contributed by atoms with Gasteiger partial charge < -0.3 is 20.8 Å². The molecule has 2 saturated heterocycles. The molecule has 0 aliphatic carbocycles. The molecule has 0 atom stereocenters. The summed E-state index contributed by atoms with van der Waals surface area (Å²) in [5, 5.41) is 6.04. The van der Waals surface area contributed by atoms with Crippen molar-refractivity contribution in [3.63, 3.8) is 0 Å². The number of urea groups is 1. The number of carbonyl (C=O) groups is 3. The molecule has 2 fully saturated rings. The molecule has 0 radical (unpaired) electrons. The fraction of sp³-hybridized carbons (Fsp3) is 0.588. The van der Waals surface area contributed by atoms with Gasteiger partial charge in [-0.25, -0.2) is 4.79 Å². The first-order valence-electron chi connectivity index (χ1n) is 8.42. The lowest BCUT2D eigenvalue weighted by Gasteiger charge is -2.31. The van der Waals surface area contributed by atoms with E-state index in [1.807, 2.05) is 20.8 Å². The van der Waals surface area contributed by atoms with Gasteiger partial charge >= 0.3 is 6.03 Å². The van der Waals surface area contributed by atoms with E-state index in [0.29, 0.717) is 37.3 Å². The number of nitrogens with zero attached hydrogens (tertiary/aromatic N) is 1. The molecule has 25 heavy (non-hydrogen) atoms. The molecular weight excluding hydrogens is 324 g/mol. The Morgan fingerprint density at radius 2 is 1.96 bits per heavy atom. The molecule has 1 aromatic rings. The van der Waals surface area contributed by atoms with Crippen molar-refractivity contribution in [2.75, 3.05) is 13.1 Å². The highest BCUT2D eigenvalue weighted by Crippen LogP contribution is 2.33. The van der Waals surface area contributed by atoms with Crippen LogP contribution in [-0.2, 0) is 16.8 Å². The van der Waals surface area contributed by atoms with Crippen LogP contribution in [0.2, 0.25) is 0 Å². The zero-order chi connectivity index (χ0) is 18.4. The number of furan rings is 1. The molecule has 0 bridgehead atoms. The zero-order valence-corrected chi connectivity index (χ0v) is 14.8. The summed E-state index contributed by atoms with van der Waals surface area (Å²) in [5.74, 6) is -0.318. The molecular formula is C17H24N4O4. The average Bonchev–Trinajstić information content (AvgIpc) is 3.05. The molecule has 8 heteroatoms. The number of hydrogen-bond donors (Lipinski definition) is 3. The second-order valence-electron chi connectivity index (χ2n) is 7.73. The Morgan fingerprint density at radius 1 is 1.32 bits per heavy atom. The molecule has 4 N–H and O–H groups in total. The molecule has 3 rings (SSSR count). The third-order valence-electron chi connectivity index (χ3n) is 4.76. The van der Waals surface area contributed by atoms with Crippen LogP contribution in [0, 0.1) is 0 Å². The third kappa shape index (κ3) is 3.02. The van der Waals surface area contributed by atoms with Gasteiger partial charge in [-0.05, 0) is 32.0 Å². The second kappa shape index (κ2) is 5.87. The van der Waals surface area contributed by atoms with Gasteiger partial charge in [0.25, 0.3) is 11.8 Å². The summed E-state index contributed by atoms with van der Waals surface area (Å²) in [5.41, 5.74) is 4.72. The zero-order valence-electron chi connectivity index (χ0n) is 14.8. The molecule has 8 nitrogen and oxygen atoms in total. The number of primary amides is 1. The van der Waals surface area contributed by atoms with Gasteiger partial charge in [0.15, 0.2) is 5.76 Å². The van der Waals surface area contributed by atoms with Crippen LogP contribution in [0.4, 0.5) is 4.79 Å². The van der Waals surface area contributed by atoms with Crippen LogP contribution in [0.25, 0.3) is 0 Å². The molecule has 1 aromatic heterocycles. The molecule has 2 aliphatic heterocycles. The Hall–Kier alpha value is -2.35. The quantitative estimate of drug-likeness (QED) is 0.700. The molecule has 0 aromatic carbocycles. The van der Waals surface area contributed by atoms with E-state index in [2.05, 4.69) is 10.6 Å². The van der Waals surface area contributed by atoms with Crippen molar-refractivity contribution in [1.82, 2.24) is 15.5 Å². The average molecular weight is 348 g/mol. The number of hydrogen-bond acceptors (Lipinski definition) is 5. The van der Waals surface area contributed by atoms with E-state index in [4.69, 9.17) is 10.2 Å². The predicted octanol–water partition coefficient (Wildman–Crippen LogP) is 0.850. The van der Waals surface area contributed by atoms with Crippen LogP contribution in [0.15, 0.2) is 10.5 Å². The summed E-state index contributed by atoms with van der Waals surface area (Å²) in [6.07, 6.45) is 1.14. The van der Waals surface area contributed by atoms with Crippen molar-refractivity contribution in [2.24, 2.45) is 5.73 Å². The van der Waals surface area contributed by atoms with Gasteiger partial charge in [0.05, 0.1) is 6.54 Å². The van der Waals surface area contributed by atoms with Crippen molar-refractivity contribution >= 4 is 17.8 Å². The molecule has 2 aliphatic rings. The fourth-order valence-electron chi connectivity index (χ4n) is 3.48. The van der Waals surface area contributed by atoms with Gasteiger partial charge in [0, 0.05) is 11.0 Å². The molecule has 0 unspecified atom stereocenters. The summed E-state index contributed by atoms with van der Waals surface area (Å²) in [6, 6.07) is 1.12. The van der Waals surface area contributed by atoms with Crippen molar-refractivity contribution < 1.29 is 18.8 Å². The van der Waals surface area contributed by atoms with Gasteiger partial charge in [-0.15, -0.1) is 0 Å². The Bertz CT molecular complexity index is 725. The van der Waals surface area contributed by atoms with Gasteiger partial charge in [-0.2, -0.15) is 0 Å². The first kappa shape index (κ1) is 17.5. The Morgan fingerprint density at radius 3 is 2.52 bits per heavy atom. The van der Waals surface area contributed by atoms with Crippen LogP contribution < -0.4 is 16.4 Å². The van der Waals surface area contributed by atoms with E-state index in [-0.39, 0.29) is 18.2 Å². The minimum Gasteiger partial charge on any atom is -0.455 e. The number of nitrogens with one attached hydrogen (secondary N) is 2. The topological polar surface area (TPSA) is 118 Å². The predicted molar refractivity (Wildman–Crippen MR) is 89.8 cm³/mol. The van der Waals surface area contributed by atoms with E-state index in [1.54, 1.807) is 0 Å². The summed E-state index contributed by atoms with van der Waals surface area (Å²) in [7, 11) is 0. The van der Waals surface area contributed by atoms with Crippen LogP contribution in [-0.4, -0.2) is 41.4 Å². The molecule has 3 heterocycles. The van der Waals surface area contributed by atoms with Crippen LogP contribution >= 0.6 is 0 Å². The van der Waals surface area contributed by atoms with Crippen LogP contribution in [0.3, 0.4) is 0 Å². The van der Waals surface area contributed by atoms with Crippen LogP contribution in [0.5, 0.6) is 0 Å². The maximum Gasteiger partial charge on any atom is 0.325 e. The first-order chi connectivity index (χ1) is 11.6. The number of carbonyl (C=O) groups excluding carboxylic acids is 3. The van der Waals surface area contributed by atoms with Gasteiger partial charge in [-0.1, -0.05) is 20.8 Å². The summed E-state index contributed by atoms with van der Waals surface area (Å²) < 4.78 is 5.60. The van der Waals surface area contributed by atoms with Crippen molar-refractivity contribution in [3.05, 3.63) is 23.2 Å². The van der Waals surface area contributed by atoms with Crippen molar-refractivity contribution in [1.29, 1.82) is 0 Å². The van der Waals surface area contributed by atoms with Gasteiger partial charge in [0.1, 0.15) is 11.3 Å². The lowest BCUT2D eigenvalue weighted by Crippen LogP contribution is -2.53. The lowest BCUT2D eigenvalue weighted by molar-refractivity contribution is -0.132. The minimum absolute atomic E-state index is 0.0311. The van der Waals surface area contributed by atoms with Crippen molar-refractivity contribution in [3.8, 4) is 0 Å². The number of piperidine rings is 1. The van der Waals surface area contributed by atoms with Gasteiger partial charge in [0.2, 0.25) is 0 Å². The smallest absolute Gasteiger partial charge is 0.325 e. The number of nitrogens with two attached hydrogens (primary N) is 1. The van der Waals surface area contributed by atoms with Gasteiger partial charge in [-0.3, -0.25) is 14.5 Å². The minimum atomic E-state index is -0.819. The van der Waals surface area contributed by atoms with E-state index in [9.17, 15) is 14.4 Å². The SMILES string of the molecule is CC(C)(C)c1oc(C(N)=O)cc1CN1C(=O)NC2(CCNCC2)C1=O. The molecule has 136 valence electrons. The summed E-state index contributed by atoms with van der Waals surface area (Å²) >= 11 is 0. The highest BCUT2D eigenvalue weighted by Gasteiger charge is 2.51. The van der Waals surface area contributed by atoms with E-state index < -0.39 is 22.9 Å². The van der Waals surface area contributed by atoms with Crippen molar-refractivity contribution in [2.45, 2.75) is 51.1 Å². The Labute approximate surface area is 146 Å². The number of rotatable bonds is 3. The standard InChI is InChI=1S/C17H24N4O4/c1-16(2,3)12-10(8-11(25-12)13(18)22)9-21-14(23)17(20-15(21)24)4-6-19-7-5-17/h8,19H,4-7,9H2,1-3H3,(H2,18,22)(H,20,24). The number of amides is 4. The molecule has 4 amide bonds. The van der Waals surface area contributed by atoms with E-state index >= 15 is 0 Å². The highest BCUT2D eigenvalue weighted by atomic mass is 16.4.